The van der Waals surface area contributed by atoms with Gasteiger partial charge in [0.2, 0.25) is 11.8 Å². The predicted molar refractivity (Wildman–Crippen MR) is 96.0 cm³/mol. The number of benzene rings is 2. The molecule has 0 radical (unpaired) electrons. The van der Waals surface area contributed by atoms with Crippen molar-refractivity contribution in [2.45, 2.75) is 12.8 Å². The zero-order valence-electron chi connectivity index (χ0n) is 14.6. The number of nitrogens with zero attached hydrogens (tertiary/aromatic N) is 3. The van der Waals surface area contributed by atoms with Gasteiger partial charge in [0, 0.05) is 24.5 Å². The van der Waals surface area contributed by atoms with Gasteiger partial charge in [-0.2, -0.15) is 5.01 Å². The molecule has 9 heteroatoms. The Hall–Kier alpha value is -3.88. The van der Waals surface area contributed by atoms with Crippen LogP contribution >= 0.6 is 0 Å². The number of rotatable bonds is 6. The van der Waals surface area contributed by atoms with Gasteiger partial charge in [-0.05, 0) is 6.07 Å². The Morgan fingerprint density at radius 3 is 2.14 bits per heavy atom. The van der Waals surface area contributed by atoms with Crippen LogP contribution in [0.5, 0.6) is 0 Å². The van der Waals surface area contributed by atoms with Crippen molar-refractivity contribution in [1.29, 1.82) is 0 Å². The van der Waals surface area contributed by atoms with Gasteiger partial charge < -0.3 is 0 Å². The monoisotopic (exact) mass is 381 g/mol. The molecule has 142 valence electrons. The van der Waals surface area contributed by atoms with Crippen LogP contribution in [0.25, 0.3) is 0 Å². The maximum atomic E-state index is 13.0. The first-order valence-corrected chi connectivity index (χ1v) is 8.39. The normalized spacial score (nSPS) is 13.5. The van der Waals surface area contributed by atoms with Crippen LogP contribution in [0.15, 0.2) is 54.6 Å². The Morgan fingerprint density at radius 2 is 1.54 bits per heavy atom. The third-order valence-electron chi connectivity index (χ3n) is 4.22. The van der Waals surface area contributed by atoms with E-state index in [0.717, 1.165) is 6.07 Å². The summed E-state index contributed by atoms with van der Waals surface area (Å²) < 4.78 is 0. The number of hydrogen-bond acceptors (Lipinski definition) is 6. The lowest BCUT2D eigenvalue weighted by molar-refractivity contribution is -0.385. The number of para-hydroxylation sites is 1. The molecule has 0 saturated carbocycles. The van der Waals surface area contributed by atoms with Gasteiger partial charge in [0.1, 0.15) is 12.1 Å². The van der Waals surface area contributed by atoms with Crippen LogP contribution in [0.3, 0.4) is 0 Å². The average Bonchev–Trinajstić information content (AvgIpc) is 3.04. The number of imide groups is 1. The van der Waals surface area contributed by atoms with E-state index >= 15 is 0 Å². The van der Waals surface area contributed by atoms with Crippen molar-refractivity contribution in [2.75, 3.05) is 6.54 Å². The SMILES string of the molecule is O=C(CN(C(=O)c1ccccc1[N+](=O)[O-])N1C(=O)CCC1=O)c1ccccc1. The van der Waals surface area contributed by atoms with Crippen LogP contribution in [0.1, 0.15) is 33.6 Å². The number of carbonyl (C=O) groups excluding carboxylic acids is 4. The average molecular weight is 381 g/mol. The maximum Gasteiger partial charge on any atom is 0.282 e. The van der Waals surface area contributed by atoms with E-state index in [9.17, 15) is 29.3 Å². The second kappa shape index (κ2) is 7.78. The van der Waals surface area contributed by atoms with Gasteiger partial charge >= 0.3 is 0 Å². The maximum absolute atomic E-state index is 13.0. The van der Waals surface area contributed by atoms with Crippen LogP contribution in [0.2, 0.25) is 0 Å². The molecule has 2 aromatic carbocycles. The van der Waals surface area contributed by atoms with E-state index in [4.69, 9.17) is 0 Å². The summed E-state index contributed by atoms with van der Waals surface area (Å²) in [6, 6.07) is 13.2. The fraction of sp³-hybridized carbons (Fsp3) is 0.158. The largest absolute Gasteiger partial charge is 0.292 e. The standard InChI is InChI=1S/C19H15N3O6/c23-16(13-6-2-1-3-7-13)12-20(21-17(24)10-11-18(21)25)19(26)14-8-4-5-9-15(14)22(27)28/h1-9H,10-12H2. The highest BCUT2D eigenvalue weighted by Crippen LogP contribution is 2.23. The quantitative estimate of drug-likeness (QED) is 0.327. The first kappa shape index (κ1) is 18.9. The molecule has 28 heavy (non-hydrogen) atoms. The summed E-state index contributed by atoms with van der Waals surface area (Å²) in [5.74, 6) is -2.77. The molecule has 3 amide bonds. The Bertz CT molecular complexity index is 957. The summed E-state index contributed by atoms with van der Waals surface area (Å²) in [6.07, 6.45) is -0.196. The molecule has 3 rings (SSSR count). The Kier molecular flexibility index (Phi) is 5.25. The van der Waals surface area contributed by atoms with E-state index in [0.29, 0.717) is 10.0 Å². The summed E-state index contributed by atoms with van der Waals surface area (Å²) in [4.78, 5) is 60.5. The first-order chi connectivity index (χ1) is 13.4. The van der Waals surface area contributed by atoms with Crippen molar-refractivity contribution >= 4 is 29.2 Å². The minimum Gasteiger partial charge on any atom is -0.292 e. The molecule has 1 aliphatic heterocycles. The van der Waals surface area contributed by atoms with Crippen molar-refractivity contribution in [3.63, 3.8) is 0 Å². The van der Waals surface area contributed by atoms with Crippen molar-refractivity contribution < 1.29 is 24.1 Å². The lowest BCUT2D eigenvalue weighted by Gasteiger charge is -2.29. The Morgan fingerprint density at radius 1 is 0.964 bits per heavy atom. The zero-order valence-corrected chi connectivity index (χ0v) is 14.6. The molecule has 0 bridgehead atoms. The molecule has 0 atom stereocenters. The van der Waals surface area contributed by atoms with E-state index in [-0.39, 0.29) is 24.0 Å². The van der Waals surface area contributed by atoms with E-state index in [1.807, 2.05) is 0 Å². The van der Waals surface area contributed by atoms with Crippen LogP contribution < -0.4 is 0 Å². The molecule has 0 aliphatic carbocycles. The van der Waals surface area contributed by atoms with Gasteiger partial charge in [-0.25, -0.2) is 5.01 Å². The third kappa shape index (κ3) is 3.63. The van der Waals surface area contributed by atoms with Crippen LogP contribution in [0.4, 0.5) is 5.69 Å². The molecule has 0 spiro atoms. The number of carbonyl (C=O) groups is 4. The van der Waals surface area contributed by atoms with Gasteiger partial charge in [-0.15, -0.1) is 0 Å². The number of nitro benzene ring substituents is 1. The van der Waals surface area contributed by atoms with Gasteiger partial charge in [0.15, 0.2) is 5.78 Å². The van der Waals surface area contributed by atoms with Crippen LogP contribution in [0, 0.1) is 10.1 Å². The first-order valence-electron chi connectivity index (χ1n) is 8.39. The summed E-state index contributed by atoms with van der Waals surface area (Å²) in [5, 5.41) is 12.6. The Labute approximate surface area is 159 Å². The number of ketones is 1. The Balaban J connectivity index is 2.00. The van der Waals surface area contributed by atoms with E-state index in [1.54, 1.807) is 18.2 Å². The van der Waals surface area contributed by atoms with Gasteiger partial charge in [-0.1, -0.05) is 42.5 Å². The van der Waals surface area contributed by atoms with Crippen molar-refractivity contribution in [2.24, 2.45) is 0 Å². The number of amides is 3. The third-order valence-corrected chi connectivity index (χ3v) is 4.22. The van der Waals surface area contributed by atoms with Crippen molar-refractivity contribution in [3.8, 4) is 0 Å². The summed E-state index contributed by atoms with van der Waals surface area (Å²) in [6.45, 7) is -0.605. The van der Waals surface area contributed by atoms with Gasteiger partial charge in [-0.3, -0.25) is 29.3 Å². The lowest BCUT2D eigenvalue weighted by Crippen LogP contribution is -2.51. The molecule has 1 saturated heterocycles. The van der Waals surface area contributed by atoms with Gasteiger partial charge in [0.05, 0.1) is 4.92 Å². The minimum atomic E-state index is -0.972. The highest BCUT2D eigenvalue weighted by Gasteiger charge is 2.39. The minimum absolute atomic E-state index is 0.0982. The highest BCUT2D eigenvalue weighted by molar-refractivity contribution is 6.08. The molecule has 1 fully saturated rings. The second-order valence-corrected chi connectivity index (χ2v) is 6.03. The molecular weight excluding hydrogens is 366 g/mol. The lowest BCUT2D eigenvalue weighted by atomic mass is 10.1. The van der Waals surface area contributed by atoms with E-state index < -0.39 is 40.7 Å². The molecule has 1 heterocycles. The smallest absolute Gasteiger partial charge is 0.282 e. The van der Waals surface area contributed by atoms with Crippen LogP contribution in [-0.2, 0) is 9.59 Å². The molecule has 2 aromatic rings. The fourth-order valence-electron chi connectivity index (χ4n) is 2.87. The molecule has 1 aliphatic rings. The van der Waals surface area contributed by atoms with Crippen LogP contribution in [-0.4, -0.2) is 45.0 Å². The summed E-state index contributed by atoms with van der Waals surface area (Å²) in [5.41, 5.74) is -0.522. The fourth-order valence-corrected chi connectivity index (χ4v) is 2.87. The summed E-state index contributed by atoms with van der Waals surface area (Å²) >= 11 is 0. The summed E-state index contributed by atoms with van der Waals surface area (Å²) in [7, 11) is 0. The van der Waals surface area contributed by atoms with Crippen molar-refractivity contribution in [1.82, 2.24) is 10.0 Å². The van der Waals surface area contributed by atoms with E-state index in [2.05, 4.69) is 0 Å². The molecule has 9 nitrogen and oxygen atoms in total. The number of nitro groups is 1. The highest BCUT2D eigenvalue weighted by atomic mass is 16.6. The molecular formula is C19H15N3O6. The zero-order chi connectivity index (χ0) is 20.3. The topological polar surface area (TPSA) is 118 Å². The number of Topliss-reactive ketones (excluding diaryl/α,β-unsaturated/α-hetero) is 1. The second-order valence-electron chi connectivity index (χ2n) is 6.03. The van der Waals surface area contributed by atoms with Crippen molar-refractivity contribution in [3.05, 3.63) is 75.8 Å². The van der Waals surface area contributed by atoms with Gasteiger partial charge in [0.25, 0.3) is 11.6 Å². The number of hydrogen-bond donors (Lipinski definition) is 0. The number of hydrazine groups is 1. The molecule has 0 N–H and O–H groups in total. The predicted octanol–water partition coefficient (Wildman–Crippen LogP) is 1.98. The molecule has 0 unspecified atom stereocenters. The molecule has 0 aromatic heterocycles. The van der Waals surface area contributed by atoms with E-state index in [1.165, 1.54) is 30.3 Å².